The van der Waals surface area contributed by atoms with E-state index in [1.54, 1.807) is 10.7 Å². The first-order chi connectivity index (χ1) is 11.4. The van der Waals surface area contributed by atoms with Crippen LogP contribution < -0.4 is 0 Å². The number of rotatable bonds is 1. The lowest BCUT2D eigenvalue weighted by Crippen LogP contribution is -2.07. The minimum absolute atomic E-state index is 0.549. The van der Waals surface area contributed by atoms with Crippen LogP contribution in [0.4, 0.5) is 17.6 Å². The van der Waals surface area contributed by atoms with Gasteiger partial charge < -0.3 is 0 Å². The number of benzene rings is 1. The molecule has 8 heteroatoms. The molecule has 2 heterocycles. The van der Waals surface area contributed by atoms with Crippen molar-refractivity contribution in [2.45, 2.75) is 24.9 Å². The zero-order valence-corrected chi connectivity index (χ0v) is 13.0. The number of nitrogens with zero attached hydrogens (tertiary/aromatic N) is 3. The maximum Gasteiger partial charge on any atom is 0.419 e. The molecule has 1 saturated carbocycles. The highest BCUT2D eigenvalue weighted by Gasteiger charge is 2.33. The van der Waals surface area contributed by atoms with Crippen LogP contribution in [0.25, 0.3) is 5.65 Å². The molecule has 0 unspecified atom stereocenters. The number of alkyl halides is 3. The number of fused-ring (bicyclic) bond motifs is 1. The monoisotopic (exact) mass is 357 g/mol. The first-order valence-electron chi connectivity index (χ1n) is 7.18. The predicted octanol–water partition coefficient (Wildman–Crippen LogP) is 5.10. The van der Waals surface area contributed by atoms with Crippen LogP contribution >= 0.6 is 11.6 Å². The van der Waals surface area contributed by atoms with Gasteiger partial charge in [0.25, 0.3) is 0 Å². The molecule has 126 valence electrons. The van der Waals surface area contributed by atoms with Gasteiger partial charge in [0.15, 0.2) is 5.65 Å². The van der Waals surface area contributed by atoms with Gasteiger partial charge in [-0.15, -0.1) is 0 Å². The number of aromatic nitrogens is 3. The van der Waals surface area contributed by atoms with E-state index in [1.165, 1.54) is 24.5 Å². The minimum atomic E-state index is -4.59. The van der Waals surface area contributed by atoms with Gasteiger partial charge in [-0.1, -0.05) is 23.7 Å². The van der Waals surface area contributed by atoms with Gasteiger partial charge in [-0.2, -0.15) is 18.3 Å². The Kier molecular flexibility index (Phi) is 4.45. The Morgan fingerprint density at radius 2 is 1.88 bits per heavy atom. The molecule has 0 N–H and O–H groups in total. The van der Waals surface area contributed by atoms with E-state index in [2.05, 4.69) is 10.1 Å². The fraction of sp³-hybridized carbons (Fsp3) is 0.250. The largest absolute Gasteiger partial charge is 0.419 e. The van der Waals surface area contributed by atoms with Crippen LogP contribution in [-0.2, 0) is 6.18 Å². The molecule has 0 radical (unpaired) electrons. The van der Waals surface area contributed by atoms with E-state index >= 15 is 0 Å². The van der Waals surface area contributed by atoms with Crippen LogP contribution in [-0.4, -0.2) is 14.6 Å². The molecule has 1 aliphatic rings. The summed E-state index contributed by atoms with van der Waals surface area (Å²) in [5.74, 6) is -0.578. The van der Waals surface area contributed by atoms with Crippen molar-refractivity contribution in [3.63, 3.8) is 0 Å². The van der Waals surface area contributed by atoms with Crippen LogP contribution in [0.1, 0.15) is 29.9 Å². The van der Waals surface area contributed by atoms with Crippen molar-refractivity contribution in [3.05, 3.63) is 64.8 Å². The molecule has 2 aromatic heterocycles. The fourth-order valence-electron chi connectivity index (χ4n) is 2.29. The molecule has 1 aliphatic carbocycles. The second kappa shape index (κ2) is 6.39. The Labute approximate surface area is 139 Å². The molecular weight excluding hydrogens is 346 g/mol. The van der Waals surface area contributed by atoms with E-state index < -0.39 is 17.6 Å². The molecule has 0 aliphatic heterocycles. The van der Waals surface area contributed by atoms with Gasteiger partial charge in [0.1, 0.15) is 11.0 Å². The van der Waals surface area contributed by atoms with Crippen LogP contribution in [0.5, 0.6) is 0 Å². The Morgan fingerprint density at radius 3 is 2.46 bits per heavy atom. The van der Waals surface area contributed by atoms with Crippen molar-refractivity contribution in [2.75, 3.05) is 0 Å². The highest BCUT2D eigenvalue weighted by molar-refractivity contribution is 6.29. The topological polar surface area (TPSA) is 30.2 Å². The average Bonchev–Trinajstić information content (AvgIpc) is 3.25. The third-order valence-electron chi connectivity index (χ3n) is 3.55. The molecule has 0 bridgehead atoms. The minimum Gasteiger partial charge on any atom is -0.235 e. The summed E-state index contributed by atoms with van der Waals surface area (Å²) in [7, 11) is 0. The molecule has 24 heavy (non-hydrogen) atoms. The smallest absolute Gasteiger partial charge is 0.235 e. The summed E-state index contributed by atoms with van der Waals surface area (Å²) in [6.07, 6.45) is 1.49. The van der Waals surface area contributed by atoms with Crippen molar-refractivity contribution in [1.82, 2.24) is 14.6 Å². The zero-order chi connectivity index (χ0) is 17.3. The second-order valence-electron chi connectivity index (χ2n) is 5.37. The summed E-state index contributed by atoms with van der Waals surface area (Å²) in [4.78, 5) is 4.26. The van der Waals surface area contributed by atoms with Gasteiger partial charge in [-0.25, -0.2) is 13.9 Å². The van der Waals surface area contributed by atoms with Crippen LogP contribution in [0.2, 0.25) is 5.15 Å². The first-order valence-corrected chi connectivity index (χ1v) is 7.55. The SMILES string of the molecule is Clc1cc(C2CC2)c2nccn2n1.Fc1ccccc1C(F)(F)F. The first kappa shape index (κ1) is 16.7. The summed E-state index contributed by atoms with van der Waals surface area (Å²) in [6, 6.07) is 5.77. The number of hydrogen-bond donors (Lipinski definition) is 0. The maximum absolute atomic E-state index is 12.4. The van der Waals surface area contributed by atoms with Gasteiger partial charge in [0.2, 0.25) is 0 Å². The summed E-state index contributed by atoms with van der Waals surface area (Å²) >= 11 is 5.89. The quantitative estimate of drug-likeness (QED) is 0.567. The van der Waals surface area contributed by atoms with E-state index in [0.29, 0.717) is 17.1 Å². The standard InChI is InChI=1S/C9H8ClN3.C7H4F4/c10-8-5-7(6-1-2-6)9-11-3-4-13(9)12-8;8-6-4-2-1-3-5(6)7(9,10)11/h3-6H,1-2H2;1-4H. The molecule has 4 rings (SSSR count). The van der Waals surface area contributed by atoms with E-state index in [1.807, 2.05) is 12.3 Å². The van der Waals surface area contributed by atoms with Crippen molar-refractivity contribution >= 4 is 17.2 Å². The maximum atomic E-state index is 12.4. The number of hydrogen-bond acceptors (Lipinski definition) is 2. The third kappa shape index (κ3) is 3.67. The van der Waals surface area contributed by atoms with Crippen molar-refractivity contribution < 1.29 is 17.6 Å². The third-order valence-corrected chi connectivity index (χ3v) is 3.74. The van der Waals surface area contributed by atoms with E-state index in [0.717, 1.165) is 17.8 Å². The Hall–Kier alpha value is -2.15. The number of imidazole rings is 1. The lowest BCUT2D eigenvalue weighted by Gasteiger charge is -2.05. The van der Waals surface area contributed by atoms with Crippen LogP contribution in [0.3, 0.4) is 0 Å². The molecular formula is C16H12ClF4N3. The molecule has 3 aromatic rings. The molecule has 1 aromatic carbocycles. The van der Waals surface area contributed by atoms with Crippen LogP contribution in [0.15, 0.2) is 42.7 Å². The van der Waals surface area contributed by atoms with Gasteiger partial charge in [0, 0.05) is 18.0 Å². The average molecular weight is 358 g/mol. The fourth-order valence-corrected chi connectivity index (χ4v) is 2.49. The molecule has 3 nitrogen and oxygen atoms in total. The van der Waals surface area contributed by atoms with Crippen molar-refractivity contribution in [1.29, 1.82) is 0 Å². The predicted molar refractivity (Wildman–Crippen MR) is 81.4 cm³/mol. The molecule has 0 amide bonds. The lowest BCUT2D eigenvalue weighted by atomic mass is 10.2. The van der Waals surface area contributed by atoms with Crippen molar-refractivity contribution in [3.8, 4) is 0 Å². The Balaban J connectivity index is 0.000000144. The lowest BCUT2D eigenvalue weighted by molar-refractivity contribution is -0.140. The van der Waals surface area contributed by atoms with Gasteiger partial charge >= 0.3 is 6.18 Å². The normalized spacial score (nSPS) is 14.4. The van der Waals surface area contributed by atoms with Gasteiger partial charge in [-0.05, 0) is 37.0 Å². The summed E-state index contributed by atoms with van der Waals surface area (Å²) in [5.41, 5.74) is 0.969. The highest BCUT2D eigenvalue weighted by atomic mass is 35.5. The van der Waals surface area contributed by atoms with E-state index in [4.69, 9.17) is 11.6 Å². The molecule has 1 fully saturated rings. The van der Waals surface area contributed by atoms with Gasteiger partial charge in [-0.3, -0.25) is 0 Å². The summed E-state index contributed by atoms with van der Waals surface area (Å²) in [5, 5.41) is 4.67. The van der Waals surface area contributed by atoms with Crippen molar-refractivity contribution in [2.24, 2.45) is 0 Å². The number of halogens is 5. The van der Waals surface area contributed by atoms with Crippen LogP contribution in [0, 0.1) is 5.82 Å². The Morgan fingerprint density at radius 1 is 1.17 bits per heavy atom. The highest BCUT2D eigenvalue weighted by Crippen LogP contribution is 2.41. The summed E-state index contributed by atoms with van der Waals surface area (Å²) < 4.78 is 49.5. The van der Waals surface area contributed by atoms with E-state index in [-0.39, 0.29) is 0 Å². The molecule has 0 saturated heterocycles. The molecule has 0 spiro atoms. The summed E-state index contributed by atoms with van der Waals surface area (Å²) in [6.45, 7) is 0. The van der Waals surface area contributed by atoms with Gasteiger partial charge in [0.05, 0.1) is 5.56 Å². The van der Waals surface area contributed by atoms with E-state index in [9.17, 15) is 17.6 Å². The zero-order valence-electron chi connectivity index (χ0n) is 12.3. The Bertz CT molecular complexity index is 856. The molecule has 0 atom stereocenters. The second-order valence-corrected chi connectivity index (χ2v) is 5.76.